The molecule has 1 aromatic carbocycles. The van der Waals surface area contributed by atoms with Crippen LogP contribution in [0.2, 0.25) is 0 Å². The molecule has 0 bridgehead atoms. The van der Waals surface area contributed by atoms with Crippen molar-refractivity contribution in [3.05, 3.63) is 36.2 Å². The maximum atomic E-state index is 5.73. The topological polar surface area (TPSA) is 64.1 Å². The summed E-state index contributed by atoms with van der Waals surface area (Å²) in [4.78, 5) is 4.39. The summed E-state index contributed by atoms with van der Waals surface area (Å²) in [7, 11) is 0. The fourth-order valence-electron chi connectivity index (χ4n) is 2.18. The quantitative estimate of drug-likeness (QED) is 0.703. The highest BCUT2D eigenvalue weighted by atomic mass is 16.5. The van der Waals surface area contributed by atoms with Gasteiger partial charge in [-0.3, -0.25) is 0 Å². The minimum atomic E-state index is 0.499. The van der Waals surface area contributed by atoms with E-state index in [2.05, 4.69) is 29.3 Å². The number of nitrogens with one attached hydrogen (secondary N) is 1. The third-order valence-corrected chi connectivity index (χ3v) is 3.23. The van der Waals surface area contributed by atoms with Crippen LogP contribution in [-0.4, -0.2) is 22.7 Å². The van der Waals surface area contributed by atoms with Crippen LogP contribution < -0.4 is 5.32 Å². The van der Waals surface area contributed by atoms with Crippen molar-refractivity contribution in [3.8, 4) is 11.6 Å². The van der Waals surface area contributed by atoms with Gasteiger partial charge in [0.05, 0.1) is 0 Å². The molecule has 0 amide bonds. The molecule has 0 saturated carbocycles. The lowest BCUT2D eigenvalue weighted by Gasteiger charge is -2.05. The van der Waals surface area contributed by atoms with Gasteiger partial charge in [-0.15, -0.1) is 0 Å². The van der Waals surface area contributed by atoms with Gasteiger partial charge in [-0.1, -0.05) is 37.2 Å². The average molecular weight is 285 g/mol. The molecule has 3 aromatic rings. The minimum absolute atomic E-state index is 0.499. The molecule has 2 heterocycles. The fraction of sp³-hybridized carbons (Fsp3) is 0.375. The molecule has 0 aliphatic rings. The molecule has 0 spiro atoms. The number of fused-ring (bicyclic) bond motifs is 1. The van der Waals surface area contributed by atoms with Gasteiger partial charge in [0.2, 0.25) is 11.7 Å². The second-order valence-electron chi connectivity index (χ2n) is 5.37. The zero-order valence-corrected chi connectivity index (χ0v) is 12.3. The van der Waals surface area contributed by atoms with E-state index < -0.39 is 0 Å². The van der Waals surface area contributed by atoms with Gasteiger partial charge in [-0.05, 0) is 25.1 Å². The number of furan rings is 1. The lowest BCUT2D eigenvalue weighted by molar-refractivity contribution is 0.373. The summed E-state index contributed by atoms with van der Waals surface area (Å²) >= 11 is 0. The molecule has 1 N–H and O–H groups in total. The first kappa shape index (κ1) is 13.8. The van der Waals surface area contributed by atoms with Crippen molar-refractivity contribution in [3.63, 3.8) is 0 Å². The molecule has 5 nitrogen and oxygen atoms in total. The molecular formula is C16H19N3O2. The summed E-state index contributed by atoms with van der Waals surface area (Å²) in [6, 6.07) is 10.3. The van der Waals surface area contributed by atoms with Crippen LogP contribution in [0, 0.1) is 0 Å². The van der Waals surface area contributed by atoms with Crippen molar-refractivity contribution >= 4 is 11.0 Å². The van der Waals surface area contributed by atoms with Gasteiger partial charge in [-0.25, -0.2) is 0 Å². The van der Waals surface area contributed by atoms with E-state index in [4.69, 9.17) is 8.94 Å². The van der Waals surface area contributed by atoms with Crippen LogP contribution in [-0.2, 0) is 6.42 Å². The van der Waals surface area contributed by atoms with Crippen LogP contribution in [0.25, 0.3) is 22.6 Å². The fourth-order valence-corrected chi connectivity index (χ4v) is 2.18. The lowest BCUT2D eigenvalue weighted by atomic mass is 10.2. The van der Waals surface area contributed by atoms with E-state index in [0.29, 0.717) is 23.5 Å². The molecule has 3 rings (SSSR count). The SMILES string of the molecule is CC(C)NCCCc1nc(-c2cc3ccccc3o2)no1. The van der Waals surface area contributed by atoms with Crippen molar-refractivity contribution in [2.24, 2.45) is 0 Å². The first-order valence-electron chi connectivity index (χ1n) is 7.27. The van der Waals surface area contributed by atoms with Crippen LogP contribution in [0.5, 0.6) is 0 Å². The highest BCUT2D eigenvalue weighted by Gasteiger charge is 2.13. The maximum Gasteiger partial charge on any atom is 0.238 e. The number of rotatable bonds is 6. The van der Waals surface area contributed by atoms with Gasteiger partial charge in [-0.2, -0.15) is 4.98 Å². The Bertz CT molecular complexity index is 682. The number of para-hydroxylation sites is 1. The van der Waals surface area contributed by atoms with Gasteiger partial charge in [0, 0.05) is 17.8 Å². The van der Waals surface area contributed by atoms with Gasteiger partial charge in [0.25, 0.3) is 0 Å². The highest BCUT2D eigenvalue weighted by Crippen LogP contribution is 2.25. The maximum absolute atomic E-state index is 5.73. The molecule has 0 unspecified atom stereocenters. The summed E-state index contributed by atoms with van der Waals surface area (Å²) in [5, 5.41) is 8.40. The summed E-state index contributed by atoms with van der Waals surface area (Å²) in [6.45, 7) is 5.21. The number of nitrogens with zero attached hydrogens (tertiary/aromatic N) is 2. The monoisotopic (exact) mass is 285 g/mol. The summed E-state index contributed by atoms with van der Waals surface area (Å²) in [6.07, 6.45) is 1.74. The minimum Gasteiger partial charge on any atom is -0.453 e. The summed E-state index contributed by atoms with van der Waals surface area (Å²) < 4.78 is 11.0. The molecule has 0 aliphatic carbocycles. The first-order chi connectivity index (χ1) is 10.2. The summed E-state index contributed by atoms with van der Waals surface area (Å²) in [5.41, 5.74) is 0.833. The van der Waals surface area contributed by atoms with E-state index in [1.807, 2.05) is 30.3 Å². The third kappa shape index (κ3) is 3.31. The number of benzene rings is 1. The van der Waals surface area contributed by atoms with Gasteiger partial charge in [0.1, 0.15) is 5.58 Å². The van der Waals surface area contributed by atoms with Gasteiger partial charge in [0.15, 0.2) is 5.76 Å². The molecule has 5 heteroatoms. The molecule has 0 aliphatic heterocycles. The Labute approximate surface area is 123 Å². The first-order valence-corrected chi connectivity index (χ1v) is 7.27. The number of hydrogen-bond acceptors (Lipinski definition) is 5. The number of aryl methyl sites for hydroxylation is 1. The van der Waals surface area contributed by atoms with Gasteiger partial charge >= 0.3 is 0 Å². The van der Waals surface area contributed by atoms with Crippen LogP contribution in [0.4, 0.5) is 0 Å². The second-order valence-corrected chi connectivity index (χ2v) is 5.37. The van der Waals surface area contributed by atoms with E-state index in [1.54, 1.807) is 0 Å². The highest BCUT2D eigenvalue weighted by molar-refractivity contribution is 5.81. The van der Waals surface area contributed by atoms with Crippen LogP contribution in [0.15, 0.2) is 39.3 Å². The molecule has 2 aromatic heterocycles. The van der Waals surface area contributed by atoms with Crippen molar-refractivity contribution in [1.29, 1.82) is 0 Å². The standard InChI is InChI=1S/C16H19N3O2/c1-11(2)17-9-5-8-15-18-16(19-21-15)14-10-12-6-3-4-7-13(12)20-14/h3-4,6-7,10-11,17H,5,8-9H2,1-2H3. The smallest absolute Gasteiger partial charge is 0.238 e. The average Bonchev–Trinajstić information content (AvgIpc) is 3.09. The number of aromatic nitrogens is 2. The molecule has 21 heavy (non-hydrogen) atoms. The lowest BCUT2D eigenvalue weighted by Crippen LogP contribution is -2.23. The van der Waals surface area contributed by atoms with Crippen molar-refractivity contribution in [2.45, 2.75) is 32.7 Å². The molecule has 110 valence electrons. The Morgan fingerprint density at radius 2 is 2.10 bits per heavy atom. The van der Waals surface area contributed by atoms with Crippen molar-refractivity contribution < 1.29 is 8.94 Å². The van der Waals surface area contributed by atoms with Crippen molar-refractivity contribution in [2.75, 3.05) is 6.54 Å². The molecular weight excluding hydrogens is 266 g/mol. The van der Waals surface area contributed by atoms with E-state index in [1.165, 1.54) is 0 Å². The van der Waals surface area contributed by atoms with Crippen LogP contribution in [0.3, 0.4) is 0 Å². The Morgan fingerprint density at radius 3 is 2.90 bits per heavy atom. The largest absolute Gasteiger partial charge is 0.453 e. The Kier molecular flexibility index (Phi) is 4.01. The number of hydrogen-bond donors (Lipinski definition) is 1. The van der Waals surface area contributed by atoms with Gasteiger partial charge < -0.3 is 14.3 Å². The zero-order chi connectivity index (χ0) is 14.7. The second kappa shape index (κ2) is 6.10. The molecule has 0 radical (unpaired) electrons. The zero-order valence-electron chi connectivity index (χ0n) is 12.3. The Morgan fingerprint density at radius 1 is 1.24 bits per heavy atom. The summed E-state index contributed by atoms with van der Waals surface area (Å²) in [5.74, 6) is 1.81. The van der Waals surface area contributed by atoms with Crippen molar-refractivity contribution in [1.82, 2.24) is 15.5 Å². The van der Waals surface area contributed by atoms with Crippen LogP contribution in [0.1, 0.15) is 26.2 Å². The third-order valence-electron chi connectivity index (χ3n) is 3.23. The predicted octanol–water partition coefficient (Wildman–Crippen LogP) is 3.41. The van der Waals surface area contributed by atoms with Crippen LogP contribution >= 0.6 is 0 Å². The molecule has 0 fully saturated rings. The Balaban J connectivity index is 1.66. The van der Waals surface area contributed by atoms with E-state index >= 15 is 0 Å². The molecule has 0 atom stereocenters. The van der Waals surface area contributed by atoms with E-state index in [0.717, 1.165) is 30.4 Å². The normalized spacial score (nSPS) is 11.6. The van der Waals surface area contributed by atoms with E-state index in [9.17, 15) is 0 Å². The molecule has 0 saturated heterocycles. The van der Waals surface area contributed by atoms with E-state index in [-0.39, 0.29) is 0 Å². The predicted molar refractivity (Wildman–Crippen MR) is 81.0 cm³/mol. The Hall–Kier alpha value is -2.14.